The Morgan fingerprint density at radius 2 is 2.05 bits per heavy atom. The number of hydrogen-bond donors (Lipinski definition) is 2. The van der Waals surface area contributed by atoms with Crippen LogP contribution in [0.5, 0.6) is 0 Å². The molecule has 0 amide bonds. The van der Waals surface area contributed by atoms with E-state index in [9.17, 15) is 5.11 Å². The van der Waals surface area contributed by atoms with Gasteiger partial charge in [-0.3, -0.25) is 0 Å². The first-order valence-electron chi connectivity index (χ1n) is 7.64. The predicted octanol–water partition coefficient (Wildman–Crippen LogP) is 3.35. The molecule has 0 aliphatic heterocycles. The molecule has 3 heteroatoms. The lowest BCUT2D eigenvalue weighted by atomic mass is 9.69. The van der Waals surface area contributed by atoms with E-state index in [2.05, 4.69) is 6.92 Å². The van der Waals surface area contributed by atoms with E-state index in [4.69, 9.17) is 10.2 Å². The molecule has 2 fully saturated rings. The predicted molar refractivity (Wildman–Crippen MR) is 74.8 cm³/mol. The Labute approximate surface area is 115 Å². The molecule has 2 saturated carbocycles. The monoisotopic (exact) mass is 263 g/mol. The van der Waals surface area contributed by atoms with E-state index in [1.54, 1.807) is 0 Å². The fourth-order valence-corrected chi connectivity index (χ4v) is 3.58. The highest BCUT2D eigenvalue weighted by Crippen LogP contribution is 2.50. The van der Waals surface area contributed by atoms with Gasteiger partial charge in [-0.2, -0.15) is 0 Å². The Bertz CT molecular complexity index is 434. The lowest BCUT2D eigenvalue weighted by Crippen LogP contribution is -2.38. The van der Waals surface area contributed by atoms with Crippen molar-refractivity contribution in [3.05, 3.63) is 23.7 Å². The van der Waals surface area contributed by atoms with Gasteiger partial charge in [0.25, 0.3) is 0 Å². The van der Waals surface area contributed by atoms with Crippen LogP contribution in [-0.2, 0) is 0 Å². The maximum absolute atomic E-state index is 10.7. The van der Waals surface area contributed by atoms with Crippen LogP contribution in [0, 0.1) is 11.3 Å². The highest BCUT2D eigenvalue weighted by atomic mass is 16.4. The summed E-state index contributed by atoms with van der Waals surface area (Å²) < 4.78 is 5.91. The number of furan rings is 1. The molecule has 3 atom stereocenters. The molecule has 1 aromatic rings. The second-order valence-corrected chi connectivity index (χ2v) is 6.59. The number of nitrogens with two attached hydrogens (primary N) is 1. The third-order valence-corrected chi connectivity index (χ3v) is 5.23. The summed E-state index contributed by atoms with van der Waals surface area (Å²) in [5.74, 6) is 3.07. The summed E-state index contributed by atoms with van der Waals surface area (Å²) in [6.07, 6.45) is 6.30. The third kappa shape index (κ3) is 2.34. The number of aliphatic hydroxyl groups is 1. The minimum absolute atomic E-state index is 0.164. The molecule has 19 heavy (non-hydrogen) atoms. The van der Waals surface area contributed by atoms with Crippen LogP contribution < -0.4 is 5.73 Å². The van der Waals surface area contributed by atoms with Gasteiger partial charge in [-0.25, -0.2) is 0 Å². The molecule has 2 aliphatic carbocycles. The fourth-order valence-electron chi connectivity index (χ4n) is 3.58. The summed E-state index contributed by atoms with van der Waals surface area (Å²) >= 11 is 0. The van der Waals surface area contributed by atoms with E-state index in [0.717, 1.165) is 30.3 Å². The molecule has 0 radical (unpaired) electrons. The van der Waals surface area contributed by atoms with Gasteiger partial charge in [0.1, 0.15) is 17.6 Å². The van der Waals surface area contributed by atoms with Gasteiger partial charge in [-0.15, -0.1) is 0 Å². The van der Waals surface area contributed by atoms with Crippen LogP contribution in [-0.4, -0.2) is 11.7 Å². The molecule has 2 aliphatic rings. The quantitative estimate of drug-likeness (QED) is 0.875. The first-order chi connectivity index (χ1) is 9.16. The Kier molecular flexibility index (Phi) is 3.44. The van der Waals surface area contributed by atoms with Crippen molar-refractivity contribution in [2.75, 3.05) is 6.54 Å². The standard InChI is InChI=1S/C16H25NO2/c1-11-9-12(11)13-5-6-14(19-13)15(18)16(10-17)7-3-2-4-8-16/h5-6,11-12,15,18H,2-4,7-10,17H2,1H3. The maximum Gasteiger partial charge on any atom is 0.133 e. The molecular weight excluding hydrogens is 238 g/mol. The van der Waals surface area contributed by atoms with E-state index in [1.807, 2.05) is 12.1 Å². The minimum atomic E-state index is -0.541. The molecule has 3 unspecified atom stereocenters. The Hall–Kier alpha value is -0.800. The second-order valence-electron chi connectivity index (χ2n) is 6.59. The van der Waals surface area contributed by atoms with Gasteiger partial charge in [0, 0.05) is 17.9 Å². The smallest absolute Gasteiger partial charge is 0.133 e. The van der Waals surface area contributed by atoms with Crippen molar-refractivity contribution in [2.45, 2.75) is 57.5 Å². The Morgan fingerprint density at radius 1 is 1.37 bits per heavy atom. The highest BCUT2D eigenvalue weighted by molar-refractivity contribution is 5.20. The van der Waals surface area contributed by atoms with Crippen LogP contribution in [0.25, 0.3) is 0 Å². The summed E-state index contributed by atoms with van der Waals surface area (Å²) in [5.41, 5.74) is 5.81. The topological polar surface area (TPSA) is 59.4 Å². The van der Waals surface area contributed by atoms with Crippen molar-refractivity contribution in [3.8, 4) is 0 Å². The molecule has 0 bridgehead atoms. The van der Waals surface area contributed by atoms with Crippen molar-refractivity contribution in [1.82, 2.24) is 0 Å². The van der Waals surface area contributed by atoms with Crippen molar-refractivity contribution in [1.29, 1.82) is 0 Å². The molecule has 3 rings (SSSR count). The third-order valence-electron chi connectivity index (χ3n) is 5.23. The van der Waals surface area contributed by atoms with E-state index >= 15 is 0 Å². The normalized spacial score (nSPS) is 31.1. The van der Waals surface area contributed by atoms with Crippen molar-refractivity contribution >= 4 is 0 Å². The number of hydrogen-bond acceptors (Lipinski definition) is 3. The van der Waals surface area contributed by atoms with Crippen molar-refractivity contribution in [2.24, 2.45) is 17.1 Å². The van der Waals surface area contributed by atoms with Gasteiger partial charge >= 0.3 is 0 Å². The van der Waals surface area contributed by atoms with Crippen molar-refractivity contribution < 1.29 is 9.52 Å². The van der Waals surface area contributed by atoms with Gasteiger partial charge in [0.15, 0.2) is 0 Å². The maximum atomic E-state index is 10.7. The summed E-state index contributed by atoms with van der Waals surface area (Å²) in [6.45, 7) is 2.79. The lowest BCUT2D eigenvalue weighted by molar-refractivity contribution is -0.0137. The average molecular weight is 263 g/mol. The molecule has 3 N–H and O–H groups in total. The highest BCUT2D eigenvalue weighted by Gasteiger charge is 2.42. The van der Waals surface area contributed by atoms with Crippen LogP contribution in [0.3, 0.4) is 0 Å². The van der Waals surface area contributed by atoms with Gasteiger partial charge in [0.2, 0.25) is 0 Å². The number of rotatable bonds is 4. The summed E-state index contributed by atoms with van der Waals surface area (Å²) in [6, 6.07) is 4.00. The van der Waals surface area contributed by atoms with Gasteiger partial charge < -0.3 is 15.3 Å². The van der Waals surface area contributed by atoms with Crippen molar-refractivity contribution in [3.63, 3.8) is 0 Å². The van der Waals surface area contributed by atoms with Crippen LogP contribution in [0.2, 0.25) is 0 Å². The zero-order valence-corrected chi connectivity index (χ0v) is 11.8. The molecule has 1 aromatic heterocycles. The summed E-state index contributed by atoms with van der Waals surface area (Å²) in [4.78, 5) is 0. The zero-order chi connectivity index (χ0) is 13.5. The van der Waals surface area contributed by atoms with Crippen LogP contribution in [0.1, 0.15) is 69.0 Å². The zero-order valence-electron chi connectivity index (χ0n) is 11.8. The Balaban J connectivity index is 1.78. The lowest BCUT2D eigenvalue weighted by Gasteiger charge is -2.39. The minimum Gasteiger partial charge on any atom is -0.463 e. The van der Waals surface area contributed by atoms with E-state index < -0.39 is 6.10 Å². The molecule has 1 heterocycles. The SMILES string of the molecule is CC1CC1c1ccc(C(O)C2(CN)CCCCC2)o1. The van der Waals surface area contributed by atoms with E-state index in [0.29, 0.717) is 12.5 Å². The molecule has 106 valence electrons. The van der Waals surface area contributed by atoms with E-state index in [-0.39, 0.29) is 5.41 Å². The fraction of sp³-hybridized carbons (Fsp3) is 0.750. The average Bonchev–Trinajstić information content (AvgIpc) is 2.99. The van der Waals surface area contributed by atoms with Crippen LogP contribution in [0.4, 0.5) is 0 Å². The van der Waals surface area contributed by atoms with Gasteiger partial charge in [-0.1, -0.05) is 26.2 Å². The van der Waals surface area contributed by atoms with Gasteiger partial charge in [0.05, 0.1) is 0 Å². The molecule has 0 spiro atoms. The molecule has 0 aromatic carbocycles. The van der Waals surface area contributed by atoms with Gasteiger partial charge in [-0.05, 0) is 37.3 Å². The first kappa shape index (κ1) is 13.2. The molecular formula is C16H25NO2. The summed E-state index contributed by atoms with van der Waals surface area (Å²) in [5, 5.41) is 10.7. The Morgan fingerprint density at radius 3 is 2.63 bits per heavy atom. The first-order valence-corrected chi connectivity index (χ1v) is 7.64. The largest absolute Gasteiger partial charge is 0.463 e. The molecule has 0 saturated heterocycles. The second kappa shape index (κ2) is 4.95. The van der Waals surface area contributed by atoms with Crippen LogP contribution in [0.15, 0.2) is 16.5 Å². The molecule has 3 nitrogen and oxygen atoms in total. The number of aliphatic hydroxyl groups excluding tert-OH is 1. The van der Waals surface area contributed by atoms with E-state index in [1.165, 1.54) is 25.7 Å². The van der Waals surface area contributed by atoms with Crippen LogP contribution >= 0.6 is 0 Å². The summed E-state index contributed by atoms with van der Waals surface area (Å²) in [7, 11) is 0.